The fourth-order valence-corrected chi connectivity index (χ4v) is 3.35. The number of carboxylic acid groups (broad SMARTS) is 1. The Balaban J connectivity index is 1.73. The maximum atomic E-state index is 12.5. The van der Waals surface area contributed by atoms with Crippen molar-refractivity contribution in [3.63, 3.8) is 0 Å². The summed E-state index contributed by atoms with van der Waals surface area (Å²) in [6.45, 7) is 4.46. The van der Waals surface area contributed by atoms with Gasteiger partial charge in [-0.05, 0) is 51.4 Å². The summed E-state index contributed by atoms with van der Waals surface area (Å²) in [5.41, 5.74) is 0. The number of nitrogens with zero attached hydrogens (tertiary/aromatic N) is 1. The van der Waals surface area contributed by atoms with Gasteiger partial charge in [0.25, 0.3) is 5.91 Å². The van der Waals surface area contributed by atoms with E-state index in [9.17, 15) is 9.59 Å². The third-order valence-corrected chi connectivity index (χ3v) is 4.75. The number of aliphatic carboxylic acids is 1. The SMILES string of the molecule is CC(OCC1CCCCO1)C(=O)N1CCCC(CCC(=O)O)C1. The summed E-state index contributed by atoms with van der Waals surface area (Å²) in [7, 11) is 0. The van der Waals surface area contributed by atoms with Crippen LogP contribution in [0.2, 0.25) is 0 Å². The lowest BCUT2D eigenvalue weighted by Gasteiger charge is -2.34. The van der Waals surface area contributed by atoms with Crippen LogP contribution in [0.1, 0.15) is 51.9 Å². The number of likely N-dealkylation sites (tertiary alicyclic amines) is 1. The maximum absolute atomic E-state index is 12.5. The quantitative estimate of drug-likeness (QED) is 0.774. The van der Waals surface area contributed by atoms with E-state index in [2.05, 4.69) is 0 Å². The molecule has 2 heterocycles. The molecule has 0 aromatic rings. The highest BCUT2D eigenvalue weighted by Crippen LogP contribution is 2.22. The molecule has 0 saturated carbocycles. The summed E-state index contributed by atoms with van der Waals surface area (Å²) in [4.78, 5) is 25.0. The molecule has 6 nitrogen and oxygen atoms in total. The van der Waals surface area contributed by atoms with Crippen LogP contribution in [-0.2, 0) is 19.1 Å². The zero-order valence-electron chi connectivity index (χ0n) is 14.0. The monoisotopic (exact) mass is 327 g/mol. The van der Waals surface area contributed by atoms with Gasteiger partial charge < -0.3 is 19.5 Å². The Labute approximate surface area is 138 Å². The van der Waals surface area contributed by atoms with Gasteiger partial charge in [0, 0.05) is 26.1 Å². The molecule has 2 fully saturated rings. The largest absolute Gasteiger partial charge is 0.481 e. The van der Waals surface area contributed by atoms with Crippen LogP contribution in [0.5, 0.6) is 0 Å². The Hall–Kier alpha value is -1.14. The molecule has 3 atom stereocenters. The number of piperidine rings is 1. The van der Waals surface area contributed by atoms with Crippen LogP contribution in [0.25, 0.3) is 0 Å². The fraction of sp³-hybridized carbons (Fsp3) is 0.882. The normalized spacial score (nSPS) is 26.7. The molecule has 0 aromatic carbocycles. The van der Waals surface area contributed by atoms with Crippen LogP contribution in [-0.4, -0.2) is 60.4 Å². The van der Waals surface area contributed by atoms with Gasteiger partial charge in [-0.2, -0.15) is 0 Å². The summed E-state index contributed by atoms with van der Waals surface area (Å²) in [6, 6.07) is 0. The molecule has 0 aromatic heterocycles. The van der Waals surface area contributed by atoms with Crippen molar-refractivity contribution >= 4 is 11.9 Å². The lowest BCUT2D eigenvalue weighted by Crippen LogP contribution is -2.45. The Kier molecular flexibility index (Phi) is 7.30. The molecule has 0 spiro atoms. The molecule has 0 bridgehead atoms. The summed E-state index contributed by atoms with van der Waals surface area (Å²) >= 11 is 0. The predicted molar refractivity (Wildman–Crippen MR) is 85.2 cm³/mol. The Morgan fingerprint density at radius 2 is 2.13 bits per heavy atom. The first-order chi connectivity index (χ1) is 11.1. The number of carbonyl (C=O) groups is 2. The van der Waals surface area contributed by atoms with Crippen molar-refractivity contribution in [2.24, 2.45) is 5.92 Å². The van der Waals surface area contributed by atoms with Crippen LogP contribution in [0.15, 0.2) is 0 Å². The molecule has 0 aliphatic carbocycles. The van der Waals surface area contributed by atoms with E-state index in [1.54, 1.807) is 6.92 Å². The molecular weight excluding hydrogens is 298 g/mol. The number of rotatable bonds is 7. The Morgan fingerprint density at radius 3 is 2.83 bits per heavy atom. The minimum Gasteiger partial charge on any atom is -0.481 e. The Bertz CT molecular complexity index is 394. The maximum Gasteiger partial charge on any atom is 0.303 e. The molecule has 132 valence electrons. The summed E-state index contributed by atoms with van der Waals surface area (Å²) < 4.78 is 11.3. The lowest BCUT2D eigenvalue weighted by atomic mass is 9.93. The highest BCUT2D eigenvalue weighted by atomic mass is 16.5. The highest BCUT2D eigenvalue weighted by Gasteiger charge is 2.28. The van der Waals surface area contributed by atoms with E-state index in [4.69, 9.17) is 14.6 Å². The van der Waals surface area contributed by atoms with Gasteiger partial charge in [-0.3, -0.25) is 9.59 Å². The van der Waals surface area contributed by atoms with Crippen LogP contribution < -0.4 is 0 Å². The van der Waals surface area contributed by atoms with E-state index in [-0.39, 0.29) is 24.3 Å². The molecule has 1 amide bonds. The second-order valence-electron chi connectivity index (χ2n) is 6.69. The third kappa shape index (κ3) is 6.11. The van der Waals surface area contributed by atoms with E-state index in [0.29, 0.717) is 19.6 Å². The van der Waals surface area contributed by atoms with Crippen LogP contribution >= 0.6 is 0 Å². The lowest BCUT2D eigenvalue weighted by molar-refractivity contribution is -0.148. The van der Waals surface area contributed by atoms with E-state index >= 15 is 0 Å². The molecule has 0 radical (unpaired) electrons. The first-order valence-corrected chi connectivity index (χ1v) is 8.80. The van der Waals surface area contributed by atoms with Gasteiger partial charge in [-0.1, -0.05) is 0 Å². The van der Waals surface area contributed by atoms with Crippen molar-refractivity contribution in [1.29, 1.82) is 0 Å². The van der Waals surface area contributed by atoms with Gasteiger partial charge in [0.2, 0.25) is 0 Å². The second-order valence-corrected chi connectivity index (χ2v) is 6.69. The molecular formula is C17H29NO5. The highest BCUT2D eigenvalue weighted by molar-refractivity contribution is 5.80. The van der Waals surface area contributed by atoms with Crippen molar-refractivity contribution in [2.45, 2.75) is 64.1 Å². The van der Waals surface area contributed by atoms with E-state index < -0.39 is 12.1 Å². The first kappa shape index (κ1) is 18.2. The summed E-state index contributed by atoms with van der Waals surface area (Å²) in [5.74, 6) is -0.462. The molecule has 2 aliphatic heterocycles. The van der Waals surface area contributed by atoms with Crippen molar-refractivity contribution in [1.82, 2.24) is 4.90 Å². The predicted octanol–water partition coefficient (Wildman–Crippen LogP) is 2.06. The number of hydrogen-bond donors (Lipinski definition) is 1. The number of amides is 1. The van der Waals surface area contributed by atoms with Gasteiger partial charge in [-0.25, -0.2) is 0 Å². The molecule has 1 N–H and O–H groups in total. The molecule has 6 heteroatoms. The van der Waals surface area contributed by atoms with Gasteiger partial charge in [0.15, 0.2) is 0 Å². The number of carbonyl (C=O) groups excluding carboxylic acids is 1. The fourth-order valence-electron chi connectivity index (χ4n) is 3.35. The van der Waals surface area contributed by atoms with Crippen molar-refractivity contribution < 1.29 is 24.2 Å². The third-order valence-electron chi connectivity index (χ3n) is 4.75. The molecule has 2 saturated heterocycles. The summed E-state index contributed by atoms with van der Waals surface area (Å²) in [6.07, 6.45) is 5.69. The minimum atomic E-state index is -0.766. The van der Waals surface area contributed by atoms with Crippen molar-refractivity contribution in [3.8, 4) is 0 Å². The van der Waals surface area contributed by atoms with E-state index in [0.717, 1.165) is 45.3 Å². The summed E-state index contributed by atoms with van der Waals surface area (Å²) in [5, 5.41) is 8.79. The molecule has 23 heavy (non-hydrogen) atoms. The molecule has 3 unspecified atom stereocenters. The standard InChI is InChI=1S/C17H29NO5/c1-13(23-12-15-6-2-3-10-22-15)17(21)18-9-4-5-14(11-18)7-8-16(19)20/h13-15H,2-12H2,1H3,(H,19,20). The number of carboxylic acids is 1. The van der Waals surface area contributed by atoms with Crippen LogP contribution in [0, 0.1) is 5.92 Å². The van der Waals surface area contributed by atoms with E-state index in [1.165, 1.54) is 0 Å². The second kappa shape index (κ2) is 9.23. The van der Waals surface area contributed by atoms with E-state index in [1.807, 2.05) is 4.90 Å². The van der Waals surface area contributed by atoms with Crippen LogP contribution in [0.3, 0.4) is 0 Å². The Morgan fingerprint density at radius 1 is 1.30 bits per heavy atom. The van der Waals surface area contributed by atoms with Crippen molar-refractivity contribution in [3.05, 3.63) is 0 Å². The van der Waals surface area contributed by atoms with Gasteiger partial charge in [0.05, 0.1) is 12.7 Å². The molecule has 2 rings (SSSR count). The topological polar surface area (TPSA) is 76.1 Å². The van der Waals surface area contributed by atoms with Gasteiger partial charge in [-0.15, -0.1) is 0 Å². The van der Waals surface area contributed by atoms with Gasteiger partial charge in [0.1, 0.15) is 6.10 Å². The van der Waals surface area contributed by atoms with Crippen molar-refractivity contribution in [2.75, 3.05) is 26.3 Å². The van der Waals surface area contributed by atoms with Gasteiger partial charge >= 0.3 is 5.97 Å². The average molecular weight is 327 g/mol. The minimum absolute atomic E-state index is 0.0147. The first-order valence-electron chi connectivity index (χ1n) is 8.80. The zero-order chi connectivity index (χ0) is 16.7. The average Bonchev–Trinajstić information content (AvgIpc) is 2.58. The molecule has 2 aliphatic rings. The smallest absolute Gasteiger partial charge is 0.303 e. The number of hydrogen-bond acceptors (Lipinski definition) is 4. The zero-order valence-corrected chi connectivity index (χ0v) is 14.0. The number of ether oxygens (including phenoxy) is 2. The van der Waals surface area contributed by atoms with Crippen LogP contribution in [0.4, 0.5) is 0 Å².